The number of carbonyl (C=O) groups excluding carboxylic acids is 1. The summed E-state index contributed by atoms with van der Waals surface area (Å²) in [5.74, 6) is 2.21. The van der Waals surface area contributed by atoms with E-state index in [1.165, 1.54) is 44.1 Å². The van der Waals surface area contributed by atoms with Crippen LogP contribution in [0.5, 0.6) is 0 Å². The van der Waals surface area contributed by atoms with Gasteiger partial charge in [-0.3, -0.25) is 0 Å². The van der Waals surface area contributed by atoms with Crippen LogP contribution in [-0.2, 0) is 13.6 Å². The van der Waals surface area contributed by atoms with E-state index in [4.69, 9.17) is 8.85 Å². The third-order valence-electron chi connectivity index (χ3n) is 12.3. The molecule has 5 heteroatoms. The molecule has 3 fully saturated rings. The Balaban J connectivity index is 1.83. The molecule has 0 amide bonds. The molecule has 0 radical (unpaired) electrons. The number of unbranched alkanes of at least 4 members (excludes halogenated alkanes) is 1. The molecule has 0 saturated heterocycles. The van der Waals surface area contributed by atoms with E-state index in [0.717, 1.165) is 44.3 Å². The van der Waals surface area contributed by atoms with Crippen LogP contribution in [0.2, 0.25) is 36.3 Å². The predicted octanol–water partition coefficient (Wildman–Crippen LogP) is 11.0. The van der Waals surface area contributed by atoms with E-state index in [1.54, 1.807) is 5.57 Å². The summed E-state index contributed by atoms with van der Waals surface area (Å²) in [5, 5.41) is 0.421. The second-order valence-corrected chi connectivity index (χ2v) is 26.9. The largest absolute Gasteiger partial charge is 0.414 e. The summed E-state index contributed by atoms with van der Waals surface area (Å²) in [6.45, 7) is 28.8. The van der Waals surface area contributed by atoms with Gasteiger partial charge in [0, 0.05) is 6.42 Å². The number of carbonyl (C=O) groups is 1. The van der Waals surface area contributed by atoms with Crippen molar-refractivity contribution in [2.24, 2.45) is 23.2 Å². The van der Waals surface area contributed by atoms with E-state index in [1.807, 2.05) is 0 Å². The van der Waals surface area contributed by atoms with Crippen LogP contribution < -0.4 is 0 Å². The molecule has 0 aliphatic heterocycles. The van der Waals surface area contributed by atoms with Crippen LogP contribution in [0.15, 0.2) is 23.3 Å². The minimum Gasteiger partial charge on any atom is -0.414 e. The summed E-state index contributed by atoms with van der Waals surface area (Å²) in [6, 6.07) is 0. The molecule has 0 aromatic heterocycles. The van der Waals surface area contributed by atoms with Gasteiger partial charge in [0.1, 0.15) is 6.29 Å². The van der Waals surface area contributed by atoms with Gasteiger partial charge >= 0.3 is 0 Å². The highest BCUT2D eigenvalue weighted by atomic mass is 28.4. The standard InChI is InChI=1S/C36H66O3Si2/c1-27(16-13-14-23-37)32-20-21-33-29(17-15-22-36(32,33)8)19-18-28-24-30(38-40(9,10)34(2,3)4)26-31(25-28)39-41(11,12)35(5,6)7/h18-19,23,27,30-33H,13-17,20-22,24-26H2,1-12H3/b29-19+/t27-,30-,31-,32-,33+,36-/m1/s1. The SMILES string of the molecule is C[C@H](CCCC=O)[C@H]1CC[C@H]2/C(=C/C=C3C[C@@H](O[Si](C)(C)C(C)(C)C)C[C@H](O[Si](C)(C)C(C)(C)C)C3)CCC[C@]12C. The van der Waals surface area contributed by atoms with Gasteiger partial charge in [0.25, 0.3) is 0 Å². The molecule has 236 valence electrons. The van der Waals surface area contributed by atoms with E-state index in [9.17, 15) is 4.79 Å². The third kappa shape index (κ3) is 8.36. The molecule has 0 spiro atoms. The number of fused-ring (bicyclic) bond motifs is 1. The first kappa shape index (κ1) is 35.0. The van der Waals surface area contributed by atoms with E-state index in [0.29, 0.717) is 17.3 Å². The first-order chi connectivity index (χ1) is 18.8. The number of hydrogen-bond acceptors (Lipinski definition) is 3. The number of aldehydes is 1. The van der Waals surface area contributed by atoms with Crippen LogP contribution in [0.3, 0.4) is 0 Å². The van der Waals surface area contributed by atoms with Crippen molar-refractivity contribution in [1.29, 1.82) is 0 Å². The zero-order valence-electron chi connectivity index (χ0n) is 29.1. The monoisotopic (exact) mass is 602 g/mol. The zero-order valence-corrected chi connectivity index (χ0v) is 31.1. The molecule has 3 aliphatic rings. The van der Waals surface area contributed by atoms with E-state index >= 15 is 0 Å². The Morgan fingerprint density at radius 3 is 2.00 bits per heavy atom. The Labute approximate surface area is 257 Å². The van der Waals surface area contributed by atoms with Crippen molar-refractivity contribution in [3.8, 4) is 0 Å². The summed E-state index contributed by atoms with van der Waals surface area (Å²) in [7, 11) is -3.73. The highest BCUT2D eigenvalue weighted by Gasteiger charge is 2.50. The molecule has 0 heterocycles. The molecule has 3 nitrogen and oxygen atoms in total. The fraction of sp³-hybridized carbons (Fsp3) is 0.861. The lowest BCUT2D eigenvalue weighted by atomic mass is 9.60. The fourth-order valence-corrected chi connectivity index (χ4v) is 10.5. The highest BCUT2D eigenvalue weighted by molar-refractivity contribution is 6.74. The van der Waals surface area contributed by atoms with E-state index in [2.05, 4.69) is 93.7 Å². The van der Waals surface area contributed by atoms with Crippen molar-refractivity contribution in [2.45, 2.75) is 174 Å². The lowest BCUT2D eigenvalue weighted by Gasteiger charge is -2.45. The lowest BCUT2D eigenvalue weighted by molar-refractivity contribution is -0.108. The average Bonchev–Trinajstić information content (AvgIpc) is 3.18. The van der Waals surface area contributed by atoms with Crippen molar-refractivity contribution in [3.05, 3.63) is 23.3 Å². The average molecular weight is 603 g/mol. The van der Waals surface area contributed by atoms with Gasteiger partial charge in [-0.1, -0.05) is 85.1 Å². The Bertz CT molecular complexity index is 913. The van der Waals surface area contributed by atoms with Crippen LogP contribution in [0.1, 0.15) is 126 Å². The van der Waals surface area contributed by atoms with Crippen LogP contribution in [0.25, 0.3) is 0 Å². The predicted molar refractivity (Wildman–Crippen MR) is 181 cm³/mol. The van der Waals surface area contributed by atoms with Crippen molar-refractivity contribution in [2.75, 3.05) is 0 Å². The summed E-state index contributed by atoms with van der Waals surface area (Å²) < 4.78 is 14.1. The Hall–Kier alpha value is -0.496. The molecule has 3 aliphatic carbocycles. The van der Waals surface area contributed by atoms with Gasteiger partial charge in [-0.05, 0) is 117 Å². The summed E-state index contributed by atoms with van der Waals surface area (Å²) in [5.41, 5.74) is 3.64. The van der Waals surface area contributed by atoms with Crippen molar-refractivity contribution >= 4 is 22.9 Å². The van der Waals surface area contributed by atoms with Crippen LogP contribution in [0, 0.1) is 23.2 Å². The lowest BCUT2D eigenvalue weighted by Crippen LogP contribution is -2.48. The maximum atomic E-state index is 10.9. The molecule has 41 heavy (non-hydrogen) atoms. The maximum Gasteiger partial charge on any atom is 0.192 e. The summed E-state index contributed by atoms with van der Waals surface area (Å²) in [6.07, 6.45) is 19.4. The fourth-order valence-electron chi connectivity index (χ4n) is 7.79. The summed E-state index contributed by atoms with van der Waals surface area (Å²) >= 11 is 0. The normalized spacial score (nSPS) is 31.7. The minimum atomic E-state index is -1.87. The van der Waals surface area contributed by atoms with Gasteiger partial charge in [0.2, 0.25) is 0 Å². The Kier molecular flexibility index (Phi) is 11.3. The molecule has 3 rings (SSSR count). The van der Waals surface area contributed by atoms with Gasteiger partial charge in [-0.15, -0.1) is 0 Å². The Morgan fingerprint density at radius 1 is 0.927 bits per heavy atom. The molecule has 0 aromatic carbocycles. The number of hydrogen-bond donors (Lipinski definition) is 0. The molecule has 3 saturated carbocycles. The molecule has 0 aromatic rings. The smallest absolute Gasteiger partial charge is 0.192 e. The van der Waals surface area contributed by atoms with Gasteiger partial charge < -0.3 is 13.6 Å². The number of rotatable bonds is 10. The van der Waals surface area contributed by atoms with Gasteiger partial charge in [0.05, 0.1) is 12.2 Å². The molecule has 0 N–H and O–H groups in total. The van der Waals surface area contributed by atoms with Gasteiger partial charge in [-0.2, -0.15) is 0 Å². The second kappa shape index (κ2) is 13.2. The first-order valence-corrected chi connectivity index (χ1v) is 22.8. The molecule has 6 atom stereocenters. The molecular weight excluding hydrogens is 537 g/mol. The van der Waals surface area contributed by atoms with Crippen LogP contribution >= 0.6 is 0 Å². The topological polar surface area (TPSA) is 35.5 Å². The molecule has 0 unspecified atom stereocenters. The van der Waals surface area contributed by atoms with Crippen LogP contribution in [-0.4, -0.2) is 35.1 Å². The van der Waals surface area contributed by atoms with Crippen molar-refractivity contribution < 1.29 is 13.6 Å². The third-order valence-corrected chi connectivity index (χ3v) is 21.3. The van der Waals surface area contributed by atoms with Gasteiger partial charge in [-0.25, -0.2) is 0 Å². The second-order valence-electron chi connectivity index (χ2n) is 17.4. The zero-order chi connectivity index (χ0) is 30.9. The quantitative estimate of drug-likeness (QED) is 0.142. The van der Waals surface area contributed by atoms with Gasteiger partial charge in [0.15, 0.2) is 16.6 Å². The summed E-state index contributed by atoms with van der Waals surface area (Å²) in [4.78, 5) is 10.9. The first-order valence-electron chi connectivity index (χ1n) is 17.0. The Morgan fingerprint density at radius 2 is 1.49 bits per heavy atom. The van der Waals surface area contributed by atoms with Crippen molar-refractivity contribution in [1.82, 2.24) is 0 Å². The molecule has 0 bridgehead atoms. The molecular formula is C36H66O3Si2. The van der Waals surface area contributed by atoms with Crippen molar-refractivity contribution in [3.63, 3.8) is 0 Å². The van der Waals surface area contributed by atoms with E-state index in [-0.39, 0.29) is 22.3 Å². The van der Waals surface area contributed by atoms with E-state index < -0.39 is 16.6 Å². The maximum absolute atomic E-state index is 10.9. The minimum absolute atomic E-state index is 0.210. The van der Waals surface area contributed by atoms with Crippen LogP contribution in [0.4, 0.5) is 0 Å². The number of allylic oxidation sites excluding steroid dienone is 3. The highest BCUT2D eigenvalue weighted by Crippen LogP contribution is 2.60.